The fourth-order valence-electron chi connectivity index (χ4n) is 0.647. The predicted molar refractivity (Wildman–Crippen MR) is 40.0 cm³/mol. The zero-order valence-corrected chi connectivity index (χ0v) is 7.29. The number of hydrogen-bond acceptors (Lipinski definition) is 4. The van der Waals surface area contributed by atoms with Crippen LogP contribution in [0.5, 0.6) is 0 Å². The molecule has 0 spiro atoms. The topological polar surface area (TPSA) is 47.0 Å². The highest BCUT2D eigenvalue weighted by atomic mass is 32.2. The number of nitrogens with zero attached hydrogens (tertiary/aromatic N) is 1. The quantitative estimate of drug-likeness (QED) is 0.639. The lowest BCUT2D eigenvalue weighted by atomic mass is 10.6. The predicted octanol–water partition coefficient (Wildman–Crippen LogP) is 0.855. The zero-order valence-electron chi connectivity index (χ0n) is 5.66. The van der Waals surface area contributed by atoms with E-state index in [0.29, 0.717) is 9.90 Å². The summed E-state index contributed by atoms with van der Waals surface area (Å²) in [4.78, 5) is 3.82. The van der Waals surface area contributed by atoms with Crippen molar-refractivity contribution in [1.82, 2.24) is 4.98 Å². The van der Waals surface area contributed by atoms with Crippen molar-refractivity contribution in [1.29, 1.82) is 0 Å². The molecule has 0 bridgehead atoms. The lowest BCUT2D eigenvalue weighted by Crippen LogP contribution is -1.95. The summed E-state index contributed by atoms with van der Waals surface area (Å²) in [6.45, 7) is 1.69. The summed E-state index contributed by atoms with van der Waals surface area (Å²) >= 11 is 1.16. The third-order valence-electron chi connectivity index (χ3n) is 1.04. The Balaban J connectivity index is 3.32. The van der Waals surface area contributed by atoms with E-state index in [0.717, 1.165) is 11.3 Å². The molecule has 0 N–H and O–H groups in total. The van der Waals surface area contributed by atoms with Crippen LogP contribution in [0, 0.1) is 6.92 Å². The molecular weight excluding hydrogens is 170 g/mol. The van der Waals surface area contributed by atoms with Gasteiger partial charge in [0, 0.05) is 6.26 Å². The Morgan fingerprint density at radius 1 is 1.60 bits per heavy atom. The molecule has 1 aromatic rings. The van der Waals surface area contributed by atoms with Gasteiger partial charge < -0.3 is 0 Å². The van der Waals surface area contributed by atoms with Crippen molar-refractivity contribution in [2.45, 2.75) is 11.1 Å². The van der Waals surface area contributed by atoms with Crippen LogP contribution in [0.3, 0.4) is 0 Å². The monoisotopic (exact) mass is 177 g/mol. The lowest BCUT2D eigenvalue weighted by Gasteiger charge is -1.90. The molecule has 0 aliphatic carbocycles. The minimum atomic E-state index is -3.03. The van der Waals surface area contributed by atoms with Crippen LogP contribution in [0.25, 0.3) is 0 Å². The van der Waals surface area contributed by atoms with E-state index in [-0.39, 0.29) is 0 Å². The van der Waals surface area contributed by atoms with Crippen LogP contribution in [0.4, 0.5) is 0 Å². The van der Waals surface area contributed by atoms with E-state index in [4.69, 9.17) is 0 Å². The van der Waals surface area contributed by atoms with Gasteiger partial charge in [-0.05, 0) is 6.92 Å². The van der Waals surface area contributed by atoms with Gasteiger partial charge in [0.2, 0.25) is 0 Å². The van der Waals surface area contributed by atoms with Crippen LogP contribution in [0.2, 0.25) is 0 Å². The van der Waals surface area contributed by atoms with E-state index >= 15 is 0 Å². The Kier molecular flexibility index (Phi) is 1.78. The normalized spacial score (nSPS) is 11.8. The highest BCUT2D eigenvalue weighted by Gasteiger charge is 2.12. The molecule has 0 fully saturated rings. The van der Waals surface area contributed by atoms with Crippen molar-refractivity contribution in [3.8, 4) is 0 Å². The summed E-state index contributed by atoms with van der Waals surface area (Å²) in [5, 5.41) is 0. The Morgan fingerprint density at radius 3 is 2.40 bits per heavy atom. The smallest absolute Gasteiger partial charge is 0.186 e. The van der Waals surface area contributed by atoms with Gasteiger partial charge in [-0.1, -0.05) is 0 Å². The first-order valence-electron chi connectivity index (χ1n) is 2.62. The SMILES string of the molecule is Cc1ncsc1S(C)(=O)=O. The largest absolute Gasteiger partial charge is 0.249 e. The molecule has 0 radical (unpaired) electrons. The van der Waals surface area contributed by atoms with E-state index in [9.17, 15) is 8.42 Å². The maximum atomic E-state index is 10.9. The average Bonchev–Trinajstić information content (AvgIpc) is 2.11. The molecule has 1 rings (SSSR count). The second-order valence-electron chi connectivity index (χ2n) is 2.00. The van der Waals surface area contributed by atoms with Gasteiger partial charge in [-0.25, -0.2) is 13.4 Å². The Labute approximate surface area is 63.6 Å². The Hall–Kier alpha value is -0.420. The van der Waals surface area contributed by atoms with Gasteiger partial charge in [-0.15, -0.1) is 11.3 Å². The molecule has 0 saturated carbocycles. The molecule has 1 heterocycles. The van der Waals surface area contributed by atoms with Crippen molar-refractivity contribution < 1.29 is 8.42 Å². The number of aromatic nitrogens is 1. The van der Waals surface area contributed by atoms with Gasteiger partial charge in [0.1, 0.15) is 4.21 Å². The molecular formula is C5H7NO2S2. The van der Waals surface area contributed by atoms with Gasteiger partial charge in [-0.3, -0.25) is 0 Å². The highest BCUT2D eigenvalue weighted by molar-refractivity contribution is 7.92. The van der Waals surface area contributed by atoms with Crippen LogP contribution >= 0.6 is 11.3 Å². The fraction of sp³-hybridized carbons (Fsp3) is 0.400. The summed E-state index contributed by atoms with van der Waals surface area (Å²) in [5.74, 6) is 0. The van der Waals surface area contributed by atoms with E-state index in [1.54, 1.807) is 6.92 Å². The second-order valence-corrected chi connectivity index (χ2v) is 5.06. The van der Waals surface area contributed by atoms with Crippen LogP contribution in [-0.2, 0) is 9.84 Å². The second kappa shape index (κ2) is 2.32. The van der Waals surface area contributed by atoms with Gasteiger partial charge in [0.05, 0.1) is 11.2 Å². The highest BCUT2D eigenvalue weighted by Crippen LogP contribution is 2.17. The number of aryl methyl sites for hydroxylation is 1. The van der Waals surface area contributed by atoms with E-state index in [1.165, 1.54) is 11.8 Å². The first-order valence-corrected chi connectivity index (χ1v) is 5.39. The molecule has 56 valence electrons. The molecule has 10 heavy (non-hydrogen) atoms. The number of rotatable bonds is 1. The molecule has 0 aromatic carbocycles. The molecule has 0 unspecified atom stereocenters. The van der Waals surface area contributed by atoms with Crippen molar-refractivity contribution in [2.75, 3.05) is 6.26 Å². The molecule has 0 saturated heterocycles. The minimum absolute atomic E-state index is 0.368. The minimum Gasteiger partial charge on any atom is -0.249 e. The summed E-state index contributed by atoms with van der Waals surface area (Å²) in [7, 11) is -3.03. The van der Waals surface area contributed by atoms with Crippen molar-refractivity contribution in [2.24, 2.45) is 0 Å². The third-order valence-corrected chi connectivity index (χ3v) is 3.92. The van der Waals surface area contributed by atoms with Crippen LogP contribution < -0.4 is 0 Å². The van der Waals surface area contributed by atoms with Crippen LogP contribution in [-0.4, -0.2) is 19.7 Å². The zero-order chi connectivity index (χ0) is 7.78. The van der Waals surface area contributed by atoms with E-state index in [1.807, 2.05) is 0 Å². The third kappa shape index (κ3) is 1.35. The van der Waals surface area contributed by atoms with Gasteiger partial charge in [0.25, 0.3) is 0 Å². The van der Waals surface area contributed by atoms with Gasteiger partial charge >= 0.3 is 0 Å². The number of hydrogen-bond donors (Lipinski definition) is 0. The Morgan fingerprint density at radius 2 is 2.20 bits per heavy atom. The summed E-state index contributed by atoms with van der Waals surface area (Å²) in [6, 6.07) is 0. The molecule has 0 aliphatic rings. The molecule has 0 aliphatic heterocycles. The summed E-state index contributed by atoms with van der Waals surface area (Å²) in [5.41, 5.74) is 2.12. The molecule has 0 atom stereocenters. The standard InChI is InChI=1S/C5H7NO2S2/c1-4-5(9-3-6-4)10(2,7)8/h3H,1-2H3. The maximum absolute atomic E-state index is 10.9. The van der Waals surface area contributed by atoms with Crippen LogP contribution in [0.15, 0.2) is 9.72 Å². The first-order chi connectivity index (χ1) is 4.52. The van der Waals surface area contributed by atoms with E-state index < -0.39 is 9.84 Å². The average molecular weight is 177 g/mol. The first kappa shape index (κ1) is 7.68. The summed E-state index contributed by atoms with van der Waals surface area (Å²) in [6.07, 6.45) is 1.19. The van der Waals surface area contributed by atoms with Crippen molar-refractivity contribution in [3.63, 3.8) is 0 Å². The Bertz CT molecular complexity index is 325. The fourth-order valence-corrected chi connectivity index (χ4v) is 2.59. The maximum Gasteiger partial charge on any atom is 0.186 e. The molecule has 0 amide bonds. The number of thiazole rings is 1. The summed E-state index contributed by atoms with van der Waals surface area (Å²) < 4.78 is 22.1. The number of sulfone groups is 1. The van der Waals surface area contributed by atoms with Gasteiger partial charge in [0.15, 0.2) is 9.84 Å². The van der Waals surface area contributed by atoms with Gasteiger partial charge in [-0.2, -0.15) is 0 Å². The molecule has 1 aromatic heterocycles. The van der Waals surface area contributed by atoms with Crippen molar-refractivity contribution >= 4 is 21.2 Å². The molecule has 3 nitrogen and oxygen atoms in total. The van der Waals surface area contributed by atoms with E-state index in [2.05, 4.69) is 4.98 Å². The van der Waals surface area contributed by atoms with Crippen LogP contribution in [0.1, 0.15) is 5.69 Å². The molecule has 5 heteroatoms. The van der Waals surface area contributed by atoms with Crippen molar-refractivity contribution in [3.05, 3.63) is 11.2 Å². The lowest BCUT2D eigenvalue weighted by molar-refractivity contribution is 0.603.